The fraction of sp³-hybridized carbons (Fsp3) is 0.150. The number of nitrogens with one attached hydrogen (secondary N) is 1. The number of carbonyl (C=O) groups excluding carboxylic acids is 1. The Hall–Kier alpha value is -2.81. The molecule has 0 aliphatic rings. The summed E-state index contributed by atoms with van der Waals surface area (Å²) in [5, 5.41) is 14.5. The summed E-state index contributed by atoms with van der Waals surface area (Å²) < 4.78 is 0. The fourth-order valence-corrected chi connectivity index (χ4v) is 2.61. The molecular weight excluding hydrogens is 286 g/mol. The van der Waals surface area contributed by atoms with Gasteiger partial charge in [0.2, 0.25) is 5.91 Å². The van der Waals surface area contributed by atoms with E-state index in [0.717, 1.165) is 22.9 Å². The van der Waals surface area contributed by atoms with Crippen LogP contribution in [-0.4, -0.2) is 17.6 Å². The summed E-state index contributed by atoms with van der Waals surface area (Å²) in [6, 6.07) is 21.3. The maximum Gasteiger partial charge on any atom is 0.224 e. The molecule has 23 heavy (non-hydrogen) atoms. The van der Waals surface area contributed by atoms with Gasteiger partial charge in [-0.1, -0.05) is 54.6 Å². The summed E-state index contributed by atoms with van der Waals surface area (Å²) in [7, 11) is 0. The SMILES string of the molecule is O=C(Cc1ccc2ccccc2c1)NCCc1ccc(O)cc1. The summed E-state index contributed by atoms with van der Waals surface area (Å²) >= 11 is 0. The van der Waals surface area contributed by atoms with Crippen LogP contribution in [0, 0.1) is 0 Å². The lowest BCUT2D eigenvalue weighted by molar-refractivity contribution is -0.120. The van der Waals surface area contributed by atoms with Gasteiger partial charge < -0.3 is 10.4 Å². The van der Waals surface area contributed by atoms with Gasteiger partial charge in [-0.15, -0.1) is 0 Å². The first-order chi connectivity index (χ1) is 11.2. The Morgan fingerprint density at radius 3 is 2.35 bits per heavy atom. The number of carbonyl (C=O) groups is 1. The predicted molar refractivity (Wildman–Crippen MR) is 92.5 cm³/mol. The van der Waals surface area contributed by atoms with Crippen molar-refractivity contribution in [3.8, 4) is 5.75 Å². The lowest BCUT2D eigenvalue weighted by Crippen LogP contribution is -2.27. The van der Waals surface area contributed by atoms with Crippen LogP contribution < -0.4 is 5.32 Å². The Kier molecular flexibility index (Phi) is 4.57. The van der Waals surface area contributed by atoms with Crippen LogP contribution in [0.15, 0.2) is 66.7 Å². The minimum absolute atomic E-state index is 0.0269. The van der Waals surface area contributed by atoms with Crippen molar-refractivity contribution in [2.24, 2.45) is 0 Å². The molecule has 3 nitrogen and oxygen atoms in total. The zero-order chi connectivity index (χ0) is 16.1. The molecule has 3 heteroatoms. The molecule has 1 amide bonds. The normalized spacial score (nSPS) is 10.6. The van der Waals surface area contributed by atoms with Crippen LogP contribution in [-0.2, 0) is 17.6 Å². The number of amides is 1. The number of aromatic hydroxyl groups is 1. The van der Waals surface area contributed by atoms with Crippen molar-refractivity contribution in [3.63, 3.8) is 0 Å². The third-order valence-electron chi connectivity index (χ3n) is 3.85. The van der Waals surface area contributed by atoms with Crippen LogP contribution in [0.2, 0.25) is 0 Å². The second-order valence-electron chi connectivity index (χ2n) is 5.62. The van der Waals surface area contributed by atoms with Gasteiger partial charge in [0.1, 0.15) is 5.75 Å². The van der Waals surface area contributed by atoms with Gasteiger partial charge in [-0.25, -0.2) is 0 Å². The Bertz CT molecular complexity index is 809. The summed E-state index contributed by atoms with van der Waals surface area (Å²) in [6.45, 7) is 0.594. The van der Waals surface area contributed by atoms with E-state index < -0.39 is 0 Å². The smallest absolute Gasteiger partial charge is 0.224 e. The lowest BCUT2D eigenvalue weighted by Gasteiger charge is -2.07. The van der Waals surface area contributed by atoms with Crippen LogP contribution in [0.3, 0.4) is 0 Å². The molecule has 3 aromatic rings. The monoisotopic (exact) mass is 305 g/mol. The summed E-state index contributed by atoms with van der Waals surface area (Å²) in [4.78, 5) is 12.0. The molecule has 0 heterocycles. The minimum atomic E-state index is 0.0269. The number of benzene rings is 3. The highest BCUT2D eigenvalue weighted by Gasteiger charge is 2.04. The second-order valence-corrected chi connectivity index (χ2v) is 5.62. The van der Waals surface area contributed by atoms with E-state index >= 15 is 0 Å². The maximum absolute atomic E-state index is 12.0. The molecule has 0 atom stereocenters. The van der Waals surface area contributed by atoms with Gasteiger partial charge in [0.15, 0.2) is 0 Å². The van der Waals surface area contributed by atoms with E-state index in [2.05, 4.69) is 23.5 Å². The van der Waals surface area contributed by atoms with Gasteiger partial charge >= 0.3 is 0 Å². The average Bonchev–Trinajstić information content (AvgIpc) is 2.56. The minimum Gasteiger partial charge on any atom is -0.508 e. The van der Waals surface area contributed by atoms with E-state index in [-0.39, 0.29) is 11.7 Å². The van der Waals surface area contributed by atoms with Gasteiger partial charge in [0.25, 0.3) is 0 Å². The molecule has 0 fully saturated rings. The number of hydrogen-bond donors (Lipinski definition) is 2. The van der Waals surface area contributed by atoms with Crippen molar-refractivity contribution < 1.29 is 9.90 Å². The van der Waals surface area contributed by atoms with E-state index in [1.54, 1.807) is 12.1 Å². The molecule has 0 spiro atoms. The second kappa shape index (κ2) is 6.97. The molecule has 2 N–H and O–H groups in total. The number of hydrogen-bond acceptors (Lipinski definition) is 2. The van der Waals surface area contributed by atoms with Crippen molar-refractivity contribution in [3.05, 3.63) is 77.9 Å². The Morgan fingerprint density at radius 1 is 0.870 bits per heavy atom. The molecule has 0 aliphatic carbocycles. The number of phenolic OH excluding ortho intramolecular Hbond substituents is 1. The van der Waals surface area contributed by atoms with Crippen molar-refractivity contribution in [1.82, 2.24) is 5.32 Å². The first-order valence-electron chi connectivity index (χ1n) is 7.73. The van der Waals surface area contributed by atoms with E-state index in [0.29, 0.717) is 13.0 Å². The molecule has 3 aromatic carbocycles. The largest absolute Gasteiger partial charge is 0.508 e. The summed E-state index contributed by atoms with van der Waals surface area (Å²) in [6.07, 6.45) is 1.14. The average molecular weight is 305 g/mol. The fourth-order valence-electron chi connectivity index (χ4n) is 2.61. The van der Waals surface area contributed by atoms with Crippen LogP contribution in [0.1, 0.15) is 11.1 Å². The van der Waals surface area contributed by atoms with E-state index in [1.165, 1.54) is 5.39 Å². The molecule has 116 valence electrons. The molecule has 3 rings (SSSR count). The molecule has 0 aromatic heterocycles. The van der Waals surface area contributed by atoms with Gasteiger partial charge in [-0.2, -0.15) is 0 Å². The number of phenols is 1. The zero-order valence-corrected chi connectivity index (χ0v) is 12.8. The lowest BCUT2D eigenvalue weighted by atomic mass is 10.0. The zero-order valence-electron chi connectivity index (χ0n) is 12.8. The summed E-state index contributed by atoms with van der Waals surface area (Å²) in [5.41, 5.74) is 2.11. The van der Waals surface area contributed by atoms with Gasteiger partial charge in [-0.05, 0) is 40.5 Å². The molecule has 0 saturated carbocycles. The van der Waals surface area contributed by atoms with Crippen molar-refractivity contribution in [2.75, 3.05) is 6.54 Å². The Balaban J connectivity index is 1.53. The number of fused-ring (bicyclic) bond motifs is 1. The Morgan fingerprint density at radius 2 is 1.57 bits per heavy atom. The molecule has 0 saturated heterocycles. The molecular formula is C20H19NO2. The predicted octanol–water partition coefficient (Wildman–Crippen LogP) is 3.45. The standard InChI is InChI=1S/C20H19NO2/c22-19-9-6-15(7-10-19)11-12-21-20(23)14-16-5-8-17-3-1-2-4-18(17)13-16/h1-10,13,22H,11-12,14H2,(H,21,23). The highest BCUT2D eigenvalue weighted by atomic mass is 16.3. The first kappa shape index (κ1) is 15.1. The van der Waals surface area contributed by atoms with Gasteiger partial charge in [0.05, 0.1) is 6.42 Å². The third kappa shape index (κ3) is 4.10. The van der Waals surface area contributed by atoms with Gasteiger partial charge in [0, 0.05) is 6.54 Å². The van der Waals surface area contributed by atoms with Gasteiger partial charge in [-0.3, -0.25) is 4.79 Å². The van der Waals surface area contributed by atoms with Crippen molar-refractivity contribution >= 4 is 16.7 Å². The van der Waals surface area contributed by atoms with E-state index in [4.69, 9.17) is 0 Å². The van der Waals surface area contributed by atoms with Crippen LogP contribution in [0.25, 0.3) is 10.8 Å². The topological polar surface area (TPSA) is 49.3 Å². The Labute approximate surface area is 135 Å². The number of rotatable bonds is 5. The summed E-state index contributed by atoms with van der Waals surface area (Å²) in [5.74, 6) is 0.285. The van der Waals surface area contributed by atoms with Crippen LogP contribution in [0.5, 0.6) is 5.75 Å². The first-order valence-corrected chi connectivity index (χ1v) is 7.73. The molecule has 0 bridgehead atoms. The molecule has 0 unspecified atom stereocenters. The van der Waals surface area contributed by atoms with Crippen LogP contribution in [0.4, 0.5) is 0 Å². The molecule has 0 radical (unpaired) electrons. The quantitative estimate of drug-likeness (QED) is 0.758. The van der Waals surface area contributed by atoms with Crippen molar-refractivity contribution in [1.29, 1.82) is 0 Å². The third-order valence-corrected chi connectivity index (χ3v) is 3.85. The molecule has 0 aliphatic heterocycles. The highest BCUT2D eigenvalue weighted by Crippen LogP contribution is 2.16. The van der Waals surface area contributed by atoms with Crippen LogP contribution >= 0.6 is 0 Å². The maximum atomic E-state index is 12.0. The highest BCUT2D eigenvalue weighted by molar-refractivity contribution is 5.85. The van der Waals surface area contributed by atoms with Crippen molar-refractivity contribution in [2.45, 2.75) is 12.8 Å². The van der Waals surface area contributed by atoms with E-state index in [1.807, 2.05) is 36.4 Å². The van der Waals surface area contributed by atoms with E-state index in [9.17, 15) is 9.90 Å².